The van der Waals surface area contributed by atoms with Crippen molar-refractivity contribution in [3.05, 3.63) is 37.1 Å². The molecular formula is C10H11N7. The van der Waals surface area contributed by atoms with Gasteiger partial charge in [0.15, 0.2) is 11.5 Å². The van der Waals surface area contributed by atoms with Crippen LogP contribution in [0, 0.1) is 0 Å². The number of rotatable bonds is 0. The number of nitrogens with one attached hydrogen (secondary N) is 1. The van der Waals surface area contributed by atoms with Gasteiger partial charge in [0, 0.05) is 6.20 Å². The lowest BCUT2D eigenvalue weighted by molar-refractivity contribution is 1.21. The fourth-order valence-corrected chi connectivity index (χ4v) is 1.16. The summed E-state index contributed by atoms with van der Waals surface area (Å²) in [5, 5.41) is 0. The highest BCUT2D eigenvalue weighted by atomic mass is 15.0. The van der Waals surface area contributed by atoms with E-state index in [0.29, 0.717) is 22.8 Å². The maximum Gasteiger partial charge on any atom is 0.182 e. The zero-order valence-electron chi connectivity index (χ0n) is 8.91. The van der Waals surface area contributed by atoms with Crippen molar-refractivity contribution in [1.82, 2.24) is 24.9 Å². The van der Waals surface area contributed by atoms with Gasteiger partial charge < -0.3 is 16.5 Å². The molecule has 0 aliphatic rings. The molecular weight excluding hydrogens is 218 g/mol. The summed E-state index contributed by atoms with van der Waals surface area (Å²) < 4.78 is 0. The Balaban J connectivity index is 0.000000136. The number of H-pyrrole nitrogens is 1. The smallest absolute Gasteiger partial charge is 0.182 e. The van der Waals surface area contributed by atoms with Crippen LogP contribution >= 0.6 is 0 Å². The quantitative estimate of drug-likeness (QED) is 0.519. The van der Waals surface area contributed by atoms with Gasteiger partial charge >= 0.3 is 0 Å². The Morgan fingerprint density at radius 1 is 1.00 bits per heavy atom. The minimum Gasteiger partial charge on any atom is -0.384 e. The van der Waals surface area contributed by atoms with E-state index >= 15 is 0 Å². The Kier molecular flexibility index (Phi) is 3.10. The number of pyridine rings is 1. The lowest BCUT2D eigenvalue weighted by atomic mass is 10.5. The first-order valence-electron chi connectivity index (χ1n) is 4.83. The summed E-state index contributed by atoms with van der Waals surface area (Å²) in [6, 6.07) is 5.43. The summed E-state index contributed by atoms with van der Waals surface area (Å²) in [5.74, 6) is 1.00. The summed E-state index contributed by atoms with van der Waals surface area (Å²) in [4.78, 5) is 18.1. The van der Waals surface area contributed by atoms with Crippen molar-refractivity contribution in [2.24, 2.45) is 0 Å². The third kappa shape index (κ3) is 2.65. The van der Waals surface area contributed by atoms with Gasteiger partial charge in [-0.15, -0.1) is 0 Å². The van der Waals surface area contributed by atoms with Crippen molar-refractivity contribution in [3.63, 3.8) is 0 Å². The topological polar surface area (TPSA) is 119 Å². The zero-order valence-corrected chi connectivity index (χ0v) is 8.91. The minimum absolute atomic E-state index is 0.433. The molecule has 17 heavy (non-hydrogen) atoms. The van der Waals surface area contributed by atoms with Crippen LogP contribution in [0.3, 0.4) is 0 Å². The average Bonchev–Trinajstić information content (AvgIpc) is 2.80. The molecule has 3 aromatic rings. The Labute approximate surface area is 96.9 Å². The summed E-state index contributed by atoms with van der Waals surface area (Å²) in [6.45, 7) is 0. The van der Waals surface area contributed by atoms with E-state index in [2.05, 4.69) is 24.9 Å². The lowest BCUT2D eigenvalue weighted by Gasteiger charge is -1.89. The van der Waals surface area contributed by atoms with Crippen LogP contribution in [0.25, 0.3) is 11.2 Å². The molecule has 0 unspecified atom stereocenters. The molecule has 0 saturated heterocycles. The first-order chi connectivity index (χ1) is 8.27. The van der Waals surface area contributed by atoms with Crippen molar-refractivity contribution in [3.8, 4) is 0 Å². The molecule has 3 rings (SSSR count). The predicted octanol–water partition coefficient (Wildman–Crippen LogP) is 0.599. The van der Waals surface area contributed by atoms with Crippen LogP contribution in [-0.4, -0.2) is 24.9 Å². The van der Waals surface area contributed by atoms with E-state index < -0.39 is 0 Å². The number of anilines is 2. The minimum atomic E-state index is 0.433. The summed E-state index contributed by atoms with van der Waals surface area (Å²) in [5.41, 5.74) is 12.0. The van der Waals surface area contributed by atoms with E-state index in [4.69, 9.17) is 11.5 Å². The molecule has 0 amide bonds. The van der Waals surface area contributed by atoms with Crippen LogP contribution in [0.1, 0.15) is 0 Å². The molecule has 0 saturated carbocycles. The molecule has 0 spiro atoms. The third-order valence-corrected chi connectivity index (χ3v) is 1.94. The van der Waals surface area contributed by atoms with Gasteiger partial charge in [0.05, 0.1) is 6.33 Å². The van der Waals surface area contributed by atoms with E-state index in [-0.39, 0.29) is 0 Å². The fourth-order valence-electron chi connectivity index (χ4n) is 1.16. The Bertz CT molecular complexity index is 590. The highest BCUT2D eigenvalue weighted by Crippen LogP contribution is 2.09. The van der Waals surface area contributed by atoms with Crippen LogP contribution in [0.5, 0.6) is 0 Å². The van der Waals surface area contributed by atoms with Gasteiger partial charge in [-0.1, -0.05) is 6.07 Å². The molecule has 0 fully saturated rings. The third-order valence-electron chi connectivity index (χ3n) is 1.94. The van der Waals surface area contributed by atoms with E-state index in [1.54, 1.807) is 12.3 Å². The van der Waals surface area contributed by atoms with Gasteiger partial charge in [-0.05, 0) is 12.1 Å². The van der Waals surface area contributed by atoms with Gasteiger partial charge in [-0.25, -0.2) is 19.9 Å². The molecule has 3 aromatic heterocycles. The molecule has 7 heteroatoms. The number of imidazole rings is 1. The SMILES string of the molecule is Nc1ccccn1.Nc1ncnc2nc[nH]c12. The largest absolute Gasteiger partial charge is 0.384 e. The Hall–Kier alpha value is -2.70. The predicted molar refractivity (Wildman–Crippen MR) is 64.7 cm³/mol. The zero-order chi connectivity index (χ0) is 12.1. The lowest BCUT2D eigenvalue weighted by Crippen LogP contribution is -1.91. The van der Waals surface area contributed by atoms with Crippen LogP contribution < -0.4 is 11.5 Å². The second-order valence-electron chi connectivity index (χ2n) is 3.11. The molecule has 5 N–H and O–H groups in total. The van der Waals surface area contributed by atoms with Crippen molar-refractivity contribution < 1.29 is 0 Å². The maximum absolute atomic E-state index is 5.48. The van der Waals surface area contributed by atoms with E-state index in [0.717, 1.165) is 0 Å². The van der Waals surface area contributed by atoms with Crippen molar-refractivity contribution in [2.45, 2.75) is 0 Å². The Morgan fingerprint density at radius 2 is 1.88 bits per heavy atom. The van der Waals surface area contributed by atoms with E-state index in [9.17, 15) is 0 Å². The van der Waals surface area contributed by atoms with Crippen LogP contribution in [0.2, 0.25) is 0 Å². The van der Waals surface area contributed by atoms with Crippen molar-refractivity contribution >= 4 is 22.8 Å². The van der Waals surface area contributed by atoms with Crippen molar-refractivity contribution in [1.29, 1.82) is 0 Å². The molecule has 3 heterocycles. The number of aromatic nitrogens is 5. The highest BCUT2D eigenvalue weighted by molar-refractivity contribution is 5.80. The van der Waals surface area contributed by atoms with E-state index in [1.165, 1.54) is 12.7 Å². The molecule has 0 aliphatic carbocycles. The maximum atomic E-state index is 5.48. The molecule has 7 nitrogen and oxygen atoms in total. The average molecular weight is 229 g/mol. The second-order valence-corrected chi connectivity index (χ2v) is 3.11. The van der Waals surface area contributed by atoms with Gasteiger partial charge in [-0.3, -0.25) is 0 Å². The number of aromatic amines is 1. The fraction of sp³-hybridized carbons (Fsp3) is 0. The van der Waals surface area contributed by atoms with Gasteiger partial charge in [-0.2, -0.15) is 0 Å². The molecule has 86 valence electrons. The monoisotopic (exact) mass is 229 g/mol. The van der Waals surface area contributed by atoms with Crippen LogP contribution in [-0.2, 0) is 0 Å². The molecule has 0 radical (unpaired) electrons. The number of nitrogens with two attached hydrogens (primary N) is 2. The summed E-state index contributed by atoms with van der Waals surface area (Å²) in [7, 11) is 0. The molecule has 0 aromatic carbocycles. The molecule has 0 bridgehead atoms. The number of fused-ring (bicyclic) bond motifs is 1. The van der Waals surface area contributed by atoms with Gasteiger partial charge in [0.1, 0.15) is 17.7 Å². The summed E-state index contributed by atoms with van der Waals surface area (Å²) in [6.07, 6.45) is 4.59. The van der Waals surface area contributed by atoms with E-state index in [1.807, 2.05) is 12.1 Å². The highest BCUT2D eigenvalue weighted by Gasteiger charge is 1.99. The molecule has 0 atom stereocenters. The summed E-state index contributed by atoms with van der Waals surface area (Å²) >= 11 is 0. The first-order valence-corrected chi connectivity index (χ1v) is 4.83. The standard InChI is InChI=1S/C5H5N5.C5H6N2/c6-4-3-5(9-1-7-3)10-2-8-4;6-5-3-1-2-4-7-5/h1-2H,(H3,6,7,8,9,10);1-4H,(H2,6,7). The first kappa shape index (κ1) is 10.8. The number of hydrogen-bond donors (Lipinski definition) is 3. The Morgan fingerprint density at radius 3 is 2.47 bits per heavy atom. The van der Waals surface area contributed by atoms with Crippen LogP contribution in [0.4, 0.5) is 11.6 Å². The van der Waals surface area contributed by atoms with Crippen LogP contribution in [0.15, 0.2) is 37.1 Å². The van der Waals surface area contributed by atoms with Crippen molar-refractivity contribution in [2.75, 3.05) is 11.5 Å². The second kappa shape index (κ2) is 4.88. The van der Waals surface area contributed by atoms with Gasteiger partial charge in [0.25, 0.3) is 0 Å². The van der Waals surface area contributed by atoms with Gasteiger partial charge in [0.2, 0.25) is 0 Å². The normalized spacial score (nSPS) is 9.65. The molecule has 0 aliphatic heterocycles. The number of nitrogen functional groups attached to an aromatic ring is 2. The number of nitrogens with zero attached hydrogens (tertiary/aromatic N) is 4. The number of hydrogen-bond acceptors (Lipinski definition) is 6.